The van der Waals surface area contributed by atoms with E-state index < -0.39 is 10.0 Å². The van der Waals surface area contributed by atoms with Crippen LogP contribution in [-0.4, -0.2) is 21.5 Å². The minimum absolute atomic E-state index is 0.348. The van der Waals surface area contributed by atoms with Crippen LogP contribution >= 0.6 is 0 Å². The molecule has 0 atom stereocenters. The second-order valence-corrected chi connectivity index (χ2v) is 7.95. The Labute approximate surface area is 141 Å². The number of hydrogen-bond donors (Lipinski definition) is 2. The third kappa shape index (κ3) is 9.08. The summed E-state index contributed by atoms with van der Waals surface area (Å²) in [5.41, 5.74) is 6.52. The van der Waals surface area contributed by atoms with Gasteiger partial charge in [-0.15, -0.1) is 0 Å². The molecule has 1 rings (SSSR count). The van der Waals surface area contributed by atoms with Crippen molar-refractivity contribution in [1.82, 2.24) is 4.72 Å². The van der Waals surface area contributed by atoms with Crippen LogP contribution in [0, 0.1) is 6.92 Å². The second kappa shape index (κ2) is 11.6. The van der Waals surface area contributed by atoms with Gasteiger partial charge >= 0.3 is 0 Å². The number of benzene rings is 1. The van der Waals surface area contributed by atoms with Gasteiger partial charge in [-0.05, 0) is 38.4 Å². The van der Waals surface area contributed by atoms with Crippen LogP contribution in [-0.2, 0) is 10.0 Å². The highest BCUT2D eigenvalue weighted by Gasteiger charge is 2.12. The number of nitrogens with two attached hydrogens (primary N) is 1. The van der Waals surface area contributed by atoms with E-state index in [0.29, 0.717) is 11.4 Å². The molecule has 0 fully saturated rings. The van der Waals surface area contributed by atoms with E-state index in [-0.39, 0.29) is 0 Å². The number of rotatable bonds is 13. The summed E-state index contributed by atoms with van der Waals surface area (Å²) < 4.78 is 26.8. The first-order valence-corrected chi connectivity index (χ1v) is 10.3. The number of nitrogens with one attached hydrogen (secondary N) is 1. The molecule has 0 aliphatic carbocycles. The molecule has 0 saturated carbocycles. The van der Waals surface area contributed by atoms with E-state index in [1.807, 2.05) is 19.1 Å². The number of sulfonamides is 1. The van der Waals surface area contributed by atoms with E-state index in [0.717, 1.165) is 31.4 Å². The van der Waals surface area contributed by atoms with Gasteiger partial charge in [-0.3, -0.25) is 0 Å². The predicted molar refractivity (Wildman–Crippen MR) is 97.0 cm³/mol. The third-order valence-electron chi connectivity index (χ3n) is 4.00. The van der Waals surface area contributed by atoms with Crippen LogP contribution < -0.4 is 10.5 Å². The summed E-state index contributed by atoms with van der Waals surface area (Å²) in [6.07, 6.45) is 10.7. The summed E-state index contributed by atoms with van der Waals surface area (Å²) in [5, 5.41) is 0. The maximum Gasteiger partial charge on any atom is 0.240 e. The van der Waals surface area contributed by atoms with Crippen molar-refractivity contribution < 1.29 is 8.42 Å². The fourth-order valence-corrected chi connectivity index (χ4v) is 3.59. The first-order valence-electron chi connectivity index (χ1n) is 8.82. The Kier molecular flexibility index (Phi) is 10.2. The van der Waals surface area contributed by atoms with Crippen molar-refractivity contribution >= 4 is 10.0 Å². The summed E-state index contributed by atoms with van der Waals surface area (Å²) in [7, 11) is -3.35. The highest BCUT2D eigenvalue weighted by molar-refractivity contribution is 7.89. The molecule has 1 aromatic carbocycles. The molecule has 0 spiro atoms. The SMILES string of the molecule is Cc1ccc(S(=O)(=O)NCCCCCCCCCCCN)cc1. The smallest absolute Gasteiger partial charge is 0.240 e. The zero-order valence-corrected chi connectivity index (χ0v) is 15.2. The van der Waals surface area contributed by atoms with Gasteiger partial charge in [0.2, 0.25) is 10.0 Å². The molecule has 0 saturated heterocycles. The molecule has 23 heavy (non-hydrogen) atoms. The van der Waals surface area contributed by atoms with E-state index >= 15 is 0 Å². The van der Waals surface area contributed by atoms with Crippen LogP contribution in [0.25, 0.3) is 0 Å². The Balaban J connectivity index is 2.05. The molecular formula is C18H32N2O2S. The van der Waals surface area contributed by atoms with E-state index in [1.165, 1.54) is 38.5 Å². The summed E-state index contributed by atoms with van der Waals surface area (Å²) in [6, 6.07) is 6.95. The lowest BCUT2D eigenvalue weighted by atomic mass is 10.1. The molecule has 0 radical (unpaired) electrons. The summed E-state index contributed by atoms with van der Waals surface area (Å²) in [6.45, 7) is 3.27. The lowest BCUT2D eigenvalue weighted by molar-refractivity contribution is 0.551. The Morgan fingerprint density at radius 3 is 1.83 bits per heavy atom. The van der Waals surface area contributed by atoms with Gasteiger partial charge in [0, 0.05) is 6.54 Å². The van der Waals surface area contributed by atoms with E-state index in [2.05, 4.69) is 4.72 Å². The molecule has 0 aliphatic rings. The van der Waals surface area contributed by atoms with Gasteiger partial charge in [0.15, 0.2) is 0 Å². The molecule has 0 aromatic heterocycles. The highest BCUT2D eigenvalue weighted by atomic mass is 32.2. The van der Waals surface area contributed by atoms with Crippen LogP contribution in [0.2, 0.25) is 0 Å². The van der Waals surface area contributed by atoms with Crippen molar-refractivity contribution in [3.05, 3.63) is 29.8 Å². The molecule has 0 unspecified atom stereocenters. The quantitative estimate of drug-likeness (QED) is 0.537. The standard InChI is InChI=1S/C18H32N2O2S/c1-17-11-13-18(14-12-17)23(21,22)20-16-10-8-6-4-2-3-5-7-9-15-19/h11-14,20H,2-10,15-16,19H2,1H3. The zero-order valence-electron chi connectivity index (χ0n) is 14.4. The Morgan fingerprint density at radius 2 is 1.30 bits per heavy atom. The third-order valence-corrected chi connectivity index (χ3v) is 5.48. The first-order chi connectivity index (χ1) is 11.1. The van der Waals surface area contributed by atoms with Crippen molar-refractivity contribution in [2.75, 3.05) is 13.1 Å². The van der Waals surface area contributed by atoms with Gasteiger partial charge in [0.05, 0.1) is 4.90 Å². The normalized spacial score (nSPS) is 11.7. The number of unbranched alkanes of at least 4 members (excludes halogenated alkanes) is 8. The van der Waals surface area contributed by atoms with Crippen molar-refractivity contribution in [1.29, 1.82) is 0 Å². The molecule has 0 amide bonds. The maximum absolute atomic E-state index is 12.1. The van der Waals surface area contributed by atoms with Gasteiger partial charge in [-0.2, -0.15) is 0 Å². The lowest BCUT2D eigenvalue weighted by Gasteiger charge is -2.07. The first kappa shape index (κ1) is 20.1. The Bertz CT molecular complexity index is 512. The minimum atomic E-state index is -3.35. The lowest BCUT2D eigenvalue weighted by Crippen LogP contribution is -2.24. The molecule has 132 valence electrons. The number of hydrogen-bond acceptors (Lipinski definition) is 3. The van der Waals surface area contributed by atoms with Crippen molar-refractivity contribution in [3.63, 3.8) is 0 Å². The van der Waals surface area contributed by atoms with E-state index in [4.69, 9.17) is 5.73 Å². The van der Waals surface area contributed by atoms with Crippen molar-refractivity contribution in [3.8, 4) is 0 Å². The minimum Gasteiger partial charge on any atom is -0.330 e. The van der Waals surface area contributed by atoms with Gasteiger partial charge in [0.1, 0.15) is 0 Å². The predicted octanol–water partition coefficient (Wildman–Crippen LogP) is 3.74. The van der Waals surface area contributed by atoms with E-state index in [9.17, 15) is 8.42 Å². The molecular weight excluding hydrogens is 308 g/mol. The average molecular weight is 341 g/mol. The Morgan fingerprint density at radius 1 is 0.826 bits per heavy atom. The van der Waals surface area contributed by atoms with Gasteiger partial charge in [-0.1, -0.05) is 62.6 Å². The van der Waals surface area contributed by atoms with Crippen LogP contribution in [0.1, 0.15) is 63.4 Å². The van der Waals surface area contributed by atoms with Crippen LogP contribution in [0.5, 0.6) is 0 Å². The monoisotopic (exact) mass is 340 g/mol. The fourth-order valence-electron chi connectivity index (χ4n) is 2.51. The molecule has 4 nitrogen and oxygen atoms in total. The largest absolute Gasteiger partial charge is 0.330 e. The van der Waals surface area contributed by atoms with Gasteiger partial charge in [-0.25, -0.2) is 13.1 Å². The van der Waals surface area contributed by atoms with Gasteiger partial charge < -0.3 is 5.73 Å². The molecule has 3 N–H and O–H groups in total. The molecule has 0 heterocycles. The van der Waals surface area contributed by atoms with Gasteiger partial charge in [0.25, 0.3) is 0 Å². The molecule has 1 aromatic rings. The summed E-state index contributed by atoms with van der Waals surface area (Å²) in [4.78, 5) is 0.348. The molecule has 0 aliphatic heterocycles. The van der Waals surface area contributed by atoms with E-state index in [1.54, 1.807) is 12.1 Å². The average Bonchev–Trinajstić information content (AvgIpc) is 2.53. The summed E-state index contributed by atoms with van der Waals surface area (Å²) in [5.74, 6) is 0. The topological polar surface area (TPSA) is 72.2 Å². The highest BCUT2D eigenvalue weighted by Crippen LogP contribution is 2.11. The summed E-state index contributed by atoms with van der Waals surface area (Å²) >= 11 is 0. The zero-order chi connectivity index (χ0) is 17.0. The number of aryl methyl sites for hydroxylation is 1. The fraction of sp³-hybridized carbons (Fsp3) is 0.667. The van der Waals surface area contributed by atoms with Crippen molar-refractivity contribution in [2.24, 2.45) is 5.73 Å². The molecule has 5 heteroatoms. The Hall–Kier alpha value is -0.910. The maximum atomic E-state index is 12.1. The van der Waals surface area contributed by atoms with Crippen LogP contribution in [0.4, 0.5) is 0 Å². The molecule has 0 bridgehead atoms. The van der Waals surface area contributed by atoms with Crippen molar-refractivity contribution in [2.45, 2.75) is 69.6 Å². The van der Waals surface area contributed by atoms with Crippen LogP contribution in [0.3, 0.4) is 0 Å². The second-order valence-electron chi connectivity index (χ2n) is 6.18. The van der Waals surface area contributed by atoms with Crippen LogP contribution in [0.15, 0.2) is 29.2 Å².